The monoisotopic (exact) mass is 189 g/mol. The molecule has 1 atom stereocenters. The van der Waals surface area contributed by atoms with Crippen LogP contribution in [0.4, 0.5) is 0 Å². The second-order valence-corrected chi connectivity index (χ2v) is 2.96. The van der Waals surface area contributed by atoms with Crippen LogP contribution in [0.3, 0.4) is 0 Å². The van der Waals surface area contributed by atoms with Crippen LogP contribution in [-0.2, 0) is 0 Å². The second kappa shape index (κ2) is 11.9. The van der Waals surface area contributed by atoms with Gasteiger partial charge in [0.2, 0.25) is 0 Å². The van der Waals surface area contributed by atoms with E-state index in [1.54, 1.807) is 0 Å². The van der Waals surface area contributed by atoms with Gasteiger partial charge in [-0.3, -0.25) is 0 Å². The van der Waals surface area contributed by atoms with Gasteiger partial charge >= 0.3 is 0 Å². The minimum atomic E-state index is -0.138. The van der Waals surface area contributed by atoms with Gasteiger partial charge in [0.05, 0.1) is 6.10 Å². The van der Waals surface area contributed by atoms with Crippen molar-refractivity contribution in [3.05, 3.63) is 0 Å². The lowest BCUT2D eigenvalue weighted by Gasteiger charge is -2.21. The lowest BCUT2D eigenvalue weighted by atomic mass is 10.2. The van der Waals surface area contributed by atoms with E-state index < -0.39 is 0 Å². The molecule has 0 saturated carbocycles. The first-order valence-corrected chi connectivity index (χ1v) is 5.64. The first kappa shape index (κ1) is 15.4. The van der Waals surface area contributed by atoms with Gasteiger partial charge < -0.3 is 10.0 Å². The third-order valence-electron chi connectivity index (χ3n) is 1.93. The number of aliphatic hydroxyl groups is 1. The second-order valence-electron chi connectivity index (χ2n) is 2.96. The zero-order valence-corrected chi connectivity index (χ0v) is 10.0. The average Bonchev–Trinajstić information content (AvgIpc) is 2.20. The summed E-state index contributed by atoms with van der Waals surface area (Å²) in [6.07, 6.45) is 1.89. The van der Waals surface area contributed by atoms with Crippen molar-refractivity contribution in [1.82, 2.24) is 4.90 Å². The fraction of sp³-hybridized carbons (Fsp3) is 1.00. The van der Waals surface area contributed by atoms with Crippen LogP contribution >= 0.6 is 0 Å². The van der Waals surface area contributed by atoms with Crippen LogP contribution in [0.25, 0.3) is 0 Å². The van der Waals surface area contributed by atoms with Crippen molar-refractivity contribution in [3.63, 3.8) is 0 Å². The molecular weight excluding hydrogens is 162 g/mol. The lowest BCUT2D eigenvalue weighted by molar-refractivity contribution is 0.112. The predicted molar refractivity (Wildman–Crippen MR) is 60.1 cm³/mol. The Morgan fingerprint density at radius 3 is 2.00 bits per heavy atom. The van der Waals surface area contributed by atoms with Crippen molar-refractivity contribution in [2.24, 2.45) is 0 Å². The number of aliphatic hydroxyl groups excluding tert-OH is 1. The number of nitrogens with zero attached hydrogens (tertiary/aromatic N) is 1. The zero-order valence-electron chi connectivity index (χ0n) is 10.0. The number of rotatable bonds is 6. The topological polar surface area (TPSA) is 23.5 Å². The molecule has 0 saturated heterocycles. The van der Waals surface area contributed by atoms with Gasteiger partial charge in [0.25, 0.3) is 0 Å². The minimum Gasteiger partial charge on any atom is -0.392 e. The molecule has 1 N–H and O–H groups in total. The third-order valence-corrected chi connectivity index (χ3v) is 1.93. The normalized spacial score (nSPS) is 12.2. The van der Waals surface area contributed by atoms with Crippen LogP contribution in [0, 0.1) is 0 Å². The Bertz CT molecular complexity index is 86.2. The van der Waals surface area contributed by atoms with Gasteiger partial charge in [0.15, 0.2) is 0 Å². The first-order valence-electron chi connectivity index (χ1n) is 5.64. The van der Waals surface area contributed by atoms with E-state index in [-0.39, 0.29) is 6.10 Å². The highest BCUT2D eigenvalue weighted by Crippen LogP contribution is 1.96. The van der Waals surface area contributed by atoms with E-state index in [2.05, 4.69) is 18.7 Å². The molecule has 0 aromatic carbocycles. The van der Waals surface area contributed by atoms with Crippen LogP contribution in [0.5, 0.6) is 0 Å². The smallest absolute Gasteiger partial charge is 0.0664 e. The molecule has 1 unspecified atom stereocenters. The highest BCUT2D eigenvalue weighted by atomic mass is 16.3. The highest BCUT2D eigenvalue weighted by Gasteiger charge is 2.06. The zero-order chi connectivity index (χ0) is 10.7. The van der Waals surface area contributed by atoms with Gasteiger partial charge in [-0.2, -0.15) is 0 Å². The van der Waals surface area contributed by atoms with E-state index >= 15 is 0 Å². The predicted octanol–water partition coefficient (Wildman–Crippen LogP) is 2.52. The molecule has 0 amide bonds. The Morgan fingerprint density at radius 1 is 1.15 bits per heavy atom. The Kier molecular flexibility index (Phi) is 14.1. The molecule has 0 aromatic heterocycles. The molecule has 2 heteroatoms. The molecular formula is C11H27NO. The molecule has 0 fully saturated rings. The Balaban J connectivity index is 0. The number of hydrogen-bond acceptors (Lipinski definition) is 2. The van der Waals surface area contributed by atoms with Crippen LogP contribution in [-0.4, -0.2) is 35.7 Å². The number of hydrogen-bond donors (Lipinski definition) is 1. The van der Waals surface area contributed by atoms with Gasteiger partial charge in [-0.15, -0.1) is 0 Å². The number of likely N-dealkylation sites (N-methyl/N-ethyl adjacent to an activating group) is 1. The van der Waals surface area contributed by atoms with E-state index in [4.69, 9.17) is 0 Å². The van der Waals surface area contributed by atoms with E-state index in [1.807, 2.05) is 20.8 Å². The maximum atomic E-state index is 9.34. The minimum absolute atomic E-state index is 0.138. The first-order chi connectivity index (χ1) is 6.24. The maximum absolute atomic E-state index is 9.34. The molecule has 0 bridgehead atoms. The summed E-state index contributed by atoms with van der Waals surface area (Å²) >= 11 is 0. The average molecular weight is 189 g/mol. The van der Waals surface area contributed by atoms with Crippen LogP contribution in [0.15, 0.2) is 0 Å². The largest absolute Gasteiger partial charge is 0.392 e. The summed E-state index contributed by atoms with van der Waals surface area (Å²) in [7, 11) is 0. The highest BCUT2D eigenvalue weighted by molar-refractivity contribution is 4.60. The maximum Gasteiger partial charge on any atom is 0.0664 e. The summed E-state index contributed by atoms with van der Waals surface area (Å²) in [5.41, 5.74) is 0. The summed E-state index contributed by atoms with van der Waals surface area (Å²) in [5, 5.41) is 9.34. The van der Waals surface area contributed by atoms with Crippen molar-refractivity contribution in [1.29, 1.82) is 0 Å². The molecule has 2 nitrogen and oxygen atoms in total. The summed E-state index contributed by atoms with van der Waals surface area (Å²) < 4.78 is 0. The molecule has 0 aromatic rings. The lowest BCUT2D eigenvalue weighted by Crippen LogP contribution is -2.32. The quantitative estimate of drug-likeness (QED) is 0.694. The molecule has 0 rings (SSSR count). The molecule has 0 aliphatic rings. The molecule has 0 aliphatic carbocycles. The van der Waals surface area contributed by atoms with E-state index in [0.29, 0.717) is 0 Å². The summed E-state index contributed by atoms with van der Waals surface area (Å²) in [4.78, 5) is 2.29. The van der Waals surface area contributed by atoms with Crippen LogP contribution < -0.4 is 0 Å². The van der Waals surface area contributed by atoms with Crippen LogP contribution in [0.2, 0.25) is 0 Å². The summed E-state index contributed by atoms with van der Waals surface area (Å²) in [6.45, 7) is 13.3. The van der Waals surface area contributed by atoms with Gasteiger partial charge in [-0.05, 0) is 25.9 Å². The van der Waals surface area contributed by atoms with E-state index in [1.165, 1.54) is 6.42 Å². The molecule has 0 radical (unpaired) electrons. The van der Waals surface area contributed by atoms with Crippen molar-refractivity contribution >= 4 is 0 Å². The van der Waals surface area contributed by atoms with Gasteiger partial charge in [0.1, 0.15) is 0 Å². The molecule has 13 heavy (non-hydrogen) atoms. The molecule has 0 heterocycles. The molecule has 82 valence electrons. The summed E-state index contributed by atoms with van der Waals surface area (Å²) in [5.74, 6) is 0. The van der Waals surface area contributed by atoms with Crippen molar-refractivity contribution in [2.75, 3.05) is 19.6 Å². The van der Waals surface area contributed by atoms with E-state index in [0.717, 1.165) is 26.1 Å². The molecule has 0 spiro atoms. The van der Waals surface area contributed by atoms with Gasteiger partial charge in [0, 0.05) is 6.54 Å². The third kappa shape index (κ3) is 9.84. The van der Waals surface area contributed by atoms with Gasteiger partial charge in [-0.25, -0.2) is 0 Å². The SMILES string of the molecule is CC.CCCN(CC)CC(O)CC. The fourth-order valence-corrected chi connectivity index (χ4v) is 1.12. The Morgan fingerprint density at radius 2 is 1.69 bits per heavy atom. The standard InChI is InChI=1S/C9H21NO.C2H6/c1-4-7-10(6-3)8-9(11)5-2;1-2/h9,11H,4-8H2,1-3H3;1-2H3. The van der Waals surface area contributed by atoms with Crippen molar-refractivity contribution < 1.29 is 5.11 Å². The molecule has 0 aliphatic heterocycles. The van der Waals surface area contributed by atoms with Gasteiger partial charge in [-0.1, -0.05) is 34.6 Å². The van der Waals surface area contributed by atoms with E-state index in [9.17, 15) is 5.11 Å². The fourth-order valence-electron chi connectivity index (χ4n) is 1.12. The van der Waals surface area contributed by atoms with Crippen LogP contribution in [0.1, 0.15) is 47.5 Å². The Hall–Kier alpha value is -0.0800. The van der Waals surface area contributed by atoms with Crippen molar-refractivity contribution in [2.45, 2.75) is 53.6 Å². The van der Waals surface area contributed by atoms with Crippen molar-refractivity contribution in [3.8, 4) is 0 Å². The summed E-state index contributed by atoms with van der Waals surface area (Å²) in [6, 6.07) is 0. The Labute approximate surface area is 83.9 Å².